The first kappa shape index (κ1) is 16.8. The predicted octanol–water partition coefficient (Wildman–Crippen LogP) is 1.07. The molecule has 0 radical (unpaired) electrons. The first-order valence-electron chi connectivity index (χ1n) is 8.09. The molecular formula is C16H25N3O3. The number of esters is 1. The van der Waals surface area contributed by atoms with E-state index in [0.29, 0.717) is 13.2 Å². The van der Waals surface area contributed by atoms with Crippen molar-refractivity contribution in [3.63, 3.8) is 0 Å². The van der Waals surface area contributed by atoms with Crippen molar-refractivity contribution in [1.82, 2.24) is 10.2 Å². The maximum Gasteiger partial charge on any atom is 0.310 e. The van der Waals surface area contributed by atoms with Crippen LogP contribution in [-0.4, -0.2) is 48.6 Å². The summed E-state index contributed by atoms with van der Waals surface area (Å²) in [6.07, 6.45) is 3.70. The van der Waals surface area contributed by atoms with E-state index in [4.69, 9.17) is 4.74 Å². The molecule has 122 valence electrons. The van der Waals surface area contributed by atoms with Gasteiger partial charge in [-0.05, 0) is 52.0 Å². The van der Waals surface area contributed by atoms with Crippen LogP contribution in [0, 0.1) is 23.2 Å². The van der Waals surface area contributed by atoms with Gasteiger partial charge in [-0.1, -0.05) is 0 Å². The second-order valence-corrected chi connectivity index (χ2v) is 6.46. The molecule has 1 aliphatic heterocycles. The molecule has 0 unspecified atom stereocenters. The minimum Gasteiger partial charge on any atom is -0.466 e. The Morgan fingerprint density at radius 2 is 2.14 bits per heavy atom. The number of rotatable bonds is 6. The van der Waals surface area contributed by atoms with Crippen LogP contribution in [0.25, 0.3) is 0 Å². The van der Waals surface area contributed by atoms with Crippen LogP contribution in [0.2, 0.25) is 0 Å². The van der Waals surface area contributed by atoms with Crippen LogP contribution in [0.4, 0.5) is 0 Å². The molecule has 1 amide bonds. The van der Waals surface area contributed by atoms with Gasteiger partial charge < -0.3 is 10.1 Å². The Morgan fingerprint density at radius 1 is 1.41 bits per heavy atom. The normalized spacial score (nSPS) is 24.9. The van der Waals surface area contributed by atoms with Crippen molar-refractivity contribution in [1.29, 1.82) is 5.26 Å². The number of nitriles is 1. The molecule has 0 aromatic carbocycles. The highest BCUT2D eigenvalue weighted by Crippen LogP contribution is 2.39. The third-order valence-electron chi connectivity index (χ3n) is 4.52. The Bertz CT molecular complexity index is 470. The van der Waals surface area contributed by atoms with Gasteiger partial charge >= 0.3 is 5.97 Å². The minimum absolute atomic E-state index is 0.138. The molecule has 1 saturated heterocycles. The van der Waals surface area contributed by atoms with Crippen molar-refractivity contribution < 1.29 is 14.3 Å². The van der Waals surface area contributed by atoms with E-state index in [9.17, 15) is 14.9 Å². The molecule has 22 heavy (non-hydrogen) atoms. The summed E-state index contributed by atoms with van der Waals surface area (Å²) in [6, 6.07) is 2.23. The fourth-order valence-electron chi connectivity index (χ4n) is 3.07. The summed E-state index contributed by atoms with van der Waals surface area (Å²) in [7, 11) is 0. The molecule has 6 heteroatoms. The van der Waals surface area contributed by atoms with Crippen molar-refractivity contribution in [2.24, 2.45) is 11.8 Å². The van der Waals surface area contributed by atoms with Crippen LogP contribution >= 0.6 is 0 Å². The summed E-state index contributed by atoms with van der Waals surface area (Å²) in [4.78, 5) is 26.0. The van der Waals surface area contributed by atoms with E-state index in [1.54, 1.807) is 13.8 Å². The molecule has 1 N–H and O–H groups in total. The summed E-state index contributed by atoms with van der Waals surface area (Å²) in [5, 5.41) is 12.1. The molecule has 1 aliphatic carbocycles. The molecule has 2 aliphatic rings. The van der Waals surface area contributed by atoms with E-state index in [1.807, 2.05) is 4.90 Å². The number of piperidine rings is 1. The average Bonchev–Trinajstić information content (AvgIpc) is 3.32. The largest absolute Gasteiger partial charge is 0.466 e. The second kappa shape index (κ2) is 7.10. The van der Waals surface area contributed by atoms with Crippen LogP contribution in [0.1, 0.15) is 39.5 Å². The first-order chi connectivity index (χ1) is 10.5. The van der Waals surface area contributed by atoms with Gasteiger partial charge in [0.15, 0.2) is 0 Å². The van der Waals surface area contributed by atoms with Crippen molar-refractivity contribution in [3.8, 4) is 6.07 Å². The van der Waals surface area contributed by atoms with Gasteiger partial charge in [0.05, 0.1) is 25.1 Å². The molecule has 6 nitrogen and oxygen atoms in total. The number of hydrogen-bond donors (Lipinski definition) is 1. The molecule has 2 rings (SSSR count). The Hall–Kier alpha value is -1.61. The molecular weight excluding hydrogens is 282 g/mol. The maximum atomic E-state index is 12.2. The highest BCUT2D eigenvalue weighted by atomic mass is 16.5. The average molecular weight is 307 g/mol. The fourth-order valence-corrected chi connectivity index (χ4v) is 3.07. The lowest BCUT2D eigenvalue weighted by Gasteiger charge is -2.32. The Balaban J connectivity index is 1.83. The topological polar surface area (TPSA) is 82.4 Å². The Labute approximate surface area is 131 Å². The maximum absolute atomic E-state index is 12.2. The number of nitrogens with one attached hydrogen (secondary N) is 1. The van der Waals surface area contributed by atoms with E-state index in [0.717, 1.165) is 32.2 Å². The predicted molar refractivity (Wildman–Crippen MR) is 80.7 cm³/mol. The highest BCUT2D eigenvalue weighted by Gasteiger charge is 2.43. The van der Waals surface area contributed by atoms with Crippen LogP contribution in [0.15, 0.2) is 0 Å². The smallest absolute Gasteiger partial charge is 0.310 e. The standard InChI is InChI=1S/C16H25N3O3/c1-3-22-15(21)12-5-4-8-19(9-12)10-14(20)18-16(2,11-17)13-6-7-13/h12-13H,3-10H2,1-2H3,(H,18,20)/t12-,16+/m0/s1. The number of carbonyl (C=O) groups excluding carboxylic acids is 2. The van der Waals surface area contributed by atoms with Crippen LogP contribution < -0.4 is 5.32 Å². The number of ether oxygens (including phenoxy) is 1. The van der Waals surface area contributed by atoms with Crippen molar-refractivity contribution in [2.45, 2.75) is 45.1 Å². The van der Waals surface area contributed by atoms with Gasteiger partial charge in [-0.3, -0.25) is 14.5 Å². The fraction of sp³-hybridized carbons (Fsp3) is 0.812. The van der Waals surface area contributed by atoms with E-state index in [2.05, 4.69) is 11.4 Å². The number of carbonyl (C=O) groups is 2. The van der Waals surface area contributed by atoms with Gasteiger partial charge in [0.25, 0.3) is 0 Å². The number of hydrogen-bond acceptors (Lipinski definition) is 5. The molecule has 2 fully saturated rings. The number of likely N-dealkylation sites (tertiary alicyclic amines) is 1. The number of nitrogens with zero attached hydrogens (tertiary/aromatic N) is 2. The summed E-state index contributed by atoms with van der Waals surface area (Å²) >= 11 is 0. The van der Waals surface area contributed by atoms with E-state index >= 15 is 0 Å². The second-order valence-electron chi connectivity index (χ2n) is 6.46. The highest BCUT2D eigenvalue weighted by molar-refractivity contribution is 5.79. The molecule has 0 aromatic rings. The zero-order valence-corrected chi connectivity index (χ0v) is 13.4. The molecule has 0 spiro atoms. The van der Waals surface area contributed by atoms with Gasteiger partial charge in [0.1, 0.15) is 5.54 Å². The lowest BCUT2D eigenvalue weighted by atomic mass is 9.97. The summed E-state index contributed by atoms with van der Waals surface area (Å²) in [6.45, 7) is 5.57. The molecule has 1 heterocycles. The molecule has 0 aromatic heterocycles. The van der Waals surface area contributed by atoms with Gasteiger partial charge in [-0.15, -0.1) is 0 Å². The quantitative estimate of drug-likeness (QED) is 0.742. The van der Waals surface area contributed by atoms with E-state index in [-0.39, 0.29) is 30.3 Å². The first-order valence-corrected chi connectivity index (χ1v) is 8.09. The third-order valence-corrected chi connectivity index (χ3v) is 4.52. The monoisotopic (exact) mass is 307 g/mol. The van der Waals surface area contributed by atoms with Crippen molar-refractivity contribution in [2.75, 3.05) is 26.2 Å². The molecule has 1 saturated carbocycles. The lowest BCUT2D eigenvalue weighted by molar-refractivity contribution is -0.150. The zero-order chi connectivity index (χ0) is 16.2. The molecule has 0 bridgehead atoms. The van der Waals surface area contributed by atoms with Crippen LogP contribution in [0.5, 0.6) is 0 Å². The van der Waals surface area contributed by atoms with E-state index < -0.39 is 5.54 Å². The van der Waals surface area contributed by atoms with Gasteiger partial charge in [0, 0.05) is 6.54 Å². The van der Waals surface area contributed by atoms with Gasteiger partial charge in [-0.2, -0.15) is 5.26 Å². The van der Waals surface area contributed by atoms with Crippen molar-refractivity contribution >= 4 is 11.9 Å². The number of amides is 1. The van der Waals surface area contributed by atoms with Gasteiger partial charge in [0.2, 0.25) is 5.91 Å². The van der Waals surface area contributed by atoms with Gasteiger partial charge in [-0.25, -0.2) is 0 Å². The third kappa shape index (κ3) is 4.20. The lowest BCUT2D eigenvalue weighted by Crippen LogP contribution is -2.51. The van der Waals surface area contributed by atoms with Crippen molar-refractivity contribution in [3.05, 3.63) is 0 Å². The molecule has 2 atom stereocenters. The minimum atomic E-state index is -0.757. The summed E-state index contributed by atoms with van der Waals surface area (Å²) in [5.41, 5.74) is -0.757. The SMILES string of the molecule is CCOC(=O)[C@H]1CCCN(CC(=O)N[C@](C)(C#N)C2CC2)C1. The summed E-state index contributed by atoms with van der Waals surface area (Å²) in [5.74, 6) is -0.185. The van der Waals surface area contributed by atoms with E-state index in [1.165, 1.54) is 0 Å². The summed E-state index contributed by atoms with van der Waals surface area (Å²) < 4.78 is 5.06. The zero-order valence-electron chi connectivity index (χ0n) is 13.4. The van der Waals surface area contributed by atoms with Crippen LogP contribution in [-0.2, 0) is 14.3 Å². The Kier molecular flexibility index (Phi) is 5.41. The van der Waals surface area contributed by atoms with Crippen LogP contribution in [0.3, 0.4) is 0 Å². The Morgan fingerprint density at radius 3 is 2.73 bits per heavy atom.